The van der Waals surface area contributed by atoms with Gasteiger partial charge >= 0.3 is 0 Å². The first-order chi connectivity index (χ1) is 8.65. The Morgan fingerprint density at radius 3 is 2.33 bits per heavy atom. The quantitative estimate of drug-likeness (QED) is 0.904. The molecule has 0 spiro atoms. The fraction of sp³-hybridized carbons (Fsp3) is 0.308. The van der Waals surface area contributed by atoms with Crippen LogP contribution in [0.25, 0.3) is 10.1 Å². The lowest BCUT2D eigenvalue weighted by molar-refractivity contribution is 0.100. The lowest BCUT2D eigenvalue weighted by Crippen LogP contribution is -2.07. The van der Waals surface area contributed by atoms with E-state index in [9.17, 15) is 4.79 Å². The van der Waals surface area contributed by atoms with Crippen LogP contribution in [0.2, 0.25) is 0 Å². The van der Waals surface area contributed by atoms with Crippen molar-refractivity contribution in [2.75, 3.05) is 13.2 Å². The Balaban J connectivity index is 2.53. The van der Waals surface area contributed by atoms with E-state index in [4.69, 9.17) is 15.2 Å². The van der Waals surface area contributed by atoms with Crippen LogP contribution < -0.4 is 15.2 Å². The van der Waals surface area contributed by atoms with Gasteiger partial charge in [-0.2, -0.15) is 0 Å². The van der Waals surface area contributed by atoms with Crippen molar-refractivity contribution >= 4 is 27.3 Å². The summed E-state index contributed by atoms with van der Waals surface area (Å²) < 4.78 is 12.0. The Bertz CT molecular complexity index is 534. The average Bonchev–Trinajstić information content (AvgIpc) is 2.73. The van der Waals surface area contributed by atoms with E-state index in [2.05, 4.69) is 0 Å². The zero-order chi connectivity index (χ0) is 13.1. The minimum atomic E-state index is -0.410. The minimum absolute atomic E-state index is 0.410. The van der Waals surface area contributed by atoms with Crippen LogP contribution in [0.4, 0.5) is 0 Å². The first-order valence-electron chi connectivity index (χ1n) is 5.78. The van der Waals surface area contributed by atoms with Crippen LogP contribution in [-0.2, 0) is 0 Å². The summed E-state index contributed by atoms with van der Waals surface area (Å²) in [5.41, 5.74) is 5.28. The smallest absolute Gasteiger partial charge is 0.258 e. The number of hydrogen-bond acceptors (Lipinski definition) is 4. The summed E-state index contributed by atoms with van der Waals surface area (Å²) >= 11 is 1.36. The number of carbonyl (C=O) groups is 1. The maximum Gasteiger partial charge on any atom is 0.258 e. The summed E-state index contributed by atoms with van der Waals surface area (Å²) in [6.45, 7) is 4.98. The highest BCUT2D eigenvalue weighted by Gasteiger charge is 2.12. The molecule has 0 atom stereocenters. The van der Waals surface area contributed by atoms with Crippen LogP contribution in [0.1, 0.15) is 23.5 Å². The number of thiophene rings is 1. The molecule has 1 aromatic heterocycles. The van der Waals surface area contributed by atoms with E-state index >= 15 is 0 Å². The van der Waals surface area contributed by atoms with Gasteiger partial charge < -0.3 is 15.2 Å². The van der Waals surface area contributed by atoms with Gasteiger partial charge in [-0.05, 0) is 31.4 Å². The highest BCUT2D eigenvalue weighted by molar-refractivity contribution is 7.20. The van der Waals surface area contributed by atoms with Crippen LogP contribution in [0, 0.1) is 0 Å². The van der Waals surface area contributed by atoms with Crippen molar-refractivity contribution in [1.29, 1.82) is 0 Å². The zero-order valence-electron chi connectivity index (χ0n) is 10.4. The van der Waals surface area contributed by atoms with Crippen molar-refractivity contribution in [3.05, 3.63) is 23.1 Å². The van der Waals surface area contributed by atoms with E-state index < -0.39 is 5.91 Å². The maximum atomic E-state index is 11.2. The number of ether oxygens (including phenoxy) is 2. The molecule has 0 bridgehead atoms. The number of primary amides is 1. The lowest BCUT2D eigenvalue weighted by Gasteiger charge is -2.10. The second-order valence-corrected chi connectivity index (χ2v) is 4.76. The Labute approximate surface area is 109 Å². The van der Waals surface area contributed by atoms with E-state index in [0.717, 1.165) is 10.1 Å². The molecule has 1 heterocycles. The molecule has 2 N–H and O–H groups in total. The molecule has 0 unspecified atom stereocenters. The van der Waals surface area contributed by atoms with Gasteiger partial charge in [0.25, 0.3) is 5.91 Å². The SMILES string of the molecule is CCOc1cc2cc(C(N)=O)sc2cc1OCC. The fourth-order valence-electron chi connectivity index (χ4n) is 1.71. The van der Waals surface area contributed by atoms with Crippen LogP contribution in [-0.4, -0.2) is 19.1 Å². The first kappa shape index (κ1) is 12.7. The van der Waals surface area contributed by atoms with Crippen molar-refractivity contribution in [1.82, 2.24) is 0 Å². The number of rotatable bonds is 5. The number of amides is 1. The molecule has 2 aromatic rings. The van der Waals surface area contributed by atoms with E-state index in [1.165, 1.54) is 11.3 Å². The molecule has 1 aromatic carbocycles. The molecule has 96 valence electrons. The van der Waals surface area contributed by atoms with Gasteiger partial charge in [0.15, 0.2) is 11.5 Å². The van der Waals surface area contributed by atoms with Gasteiger partial charge in [-0.15, -0.1) is 11.3 Å². The van der Waals surface area contributed by atoms with E-state index in [0.29, 0.717) is 29.6 Å². The summed E-state index contributed by atoms with van der Waals surface area (Å²) in [6, 6.07) is 5.55. The summed E-state index contributed by atoms with van der Waals surface area (Å²) in [5, 5.41) is 0.945. The summed E-state index contributed by atoms with van der Waals surface area (Å²) in [7, 11) is 0. The molecule has 2 rings (SSSR count). The molecule has 0 aliphatic carbocycles. The monoisotopic (exact) mass is 265 g/mol. The Hall–Kier alpha value is -1.75. The molecule has 0 fully saturated rings. The van der Waals surface area contributed by atoms with Crippen LogP contribution >= 0.6 is 11.3 Å². The number of benzene rings is 1. The first-order valence-corrected chi connectivity index (χ1v) is 6.60. The summed E-state index contributed by atoms with van der Waals surface area (Å²) in [4.78, 5) is 11.7. The van der Waals surface area contributed by atoms with Gasteiger partial charge in [0, 0.05) is 10.8 Å². The van der Waals surface area contributed by atoms with E-state index in [1.807, 2.05) is 26.0 Å². The predicted octanol–water partition coefficient (Wildman–Crippen LogP) is 2.80. The number of carbonyl (C=O) groups excluding carboxylic acids is 1. The highest BCUT2D eigenvalue weighted by Crippen LogP contribution is 2.36. The second-order valence-electron chi connectivity index (χ2n) is 3.68. The van der Waals surface area contributed by atoms with Crippen molar-refractivity contribution < 1.29 is 14.3 Å². The normalized spacial score (nSPS) is 10.6. The van der Waals surface area contributed by atoms with E-state index in [-0.39, 0.29) is 0 Å². The van der Waals surface area contributed by atoms with Gasteiger partial charge in [0.05, 0.1) is 18.1 Å². The number of fused-ring (bicyclic) bond motifs is 1. The van der Waals surface area contributed by atoms with Crippen molar-refractivity contribution in [2.24, 2.45) is 5.73 Å². The standard InChI is InChI=1S/C13H15NO3S/c1-3-16-9-5-8-6-12(13(14)15)18-11(8)7-10(9)17-4-2/h5-7H,3-4H2,1-2H3,(H2,14,15). The average molecular weight is 265 g/mol. The van der Waals surface area contributed by atoms with Gasteiger partial charge in [-0.3, -0.25) is 4.79 Å². The van der Waals surface area contributed by atoms with Crippen molar-refractivity contribution in [2.45, 2.75) is 13.8 Å². The Morgan fingerprint density at radius 1 is 1.17 bits per heavy atom. The van der Waals surface area contributed by atoms with Crippen molar-refractivity contribution in [3.63, 3.8) is 0 Å². The molecular weight excluding hydrogens is 250 g/mol. The third-order valence-corrected chi connectivity index (χ3v) is 3.54. The van der Waals surface area contributed by atoms with Gasteiger partial charge in [-0.1, -0.05) is 0 Å². The summed E-state index contributed by atoms with van der Waals surface area (Å²) in [6.07, 6.45) is 0. The second kappa shape index (κ2) is 5.27. The topological polar surface area (TPSA) is 61.5 Å². The van der Waals surface area contributed by atoms with E-state index in [1.54, 1.807) is 6.07 Å². The van der Waals surface area contributed by atoms with Gasteiger partial charge in [0.1, 0.15) is 0 Å². The Kier molecular flexibility index (Phi) is 3.72. The zero-order valence-corrected chi connectivity index (χ0v) is 11.2. The molecule has 18 heavy (non-hydrogen) atoms. The highest BCUT2D eigenvalue weighted by atomic mass is 32.1. The Morgan fingerprint density at radius 2 is 1.78 bits per heavy atom. The maximum absolute atomic E-state index is 11.2. The molecule has 0 aliphatic heterocycles. The molecule has 1 amide bonds. The largest absolute Gasteiger partial charge is 0.490 e. The molecule has 0 radical (unpaired) electrons. The predicted molar refractivity (Wildman–Crippen MR) is 72.7 cm³/mol. The number of hydrogen-bond donors (Lipinski definition) is 1. The summed E-state index contributed by atoms with van der Waals surface area (Å²) in [5.74, 6) is 0.984. The molecule has 0 saturated carbocycles. The van der Waals surface area contributed by atoms with Crippen LogP contribution in [0.3, 0.4) is 0 Å². The third kappa shape index (κ3) is 2.41. The lowest BCUT2D eigenvalue weighted by atomic mass is 10.2. The molecule has 4 nitrogen and oxygen atoms in total. The molecule has 5 heteroatoms. The third-order valence-electron chi connectivity index (χ3n) is 2.43. The fourth-order valence-corrected chi connectivity index (χ4v) is 2.63. The minimum Gasteiger partial charge on any atom is -0.490 e. The van der Waals surface area contributed by atoms with Crippen molar-refractivity contribution in [3.8, 4) is 11.5 Å². The molecular formula is C13H15NO3S. The molecule has 0 aliphatic rings. The van der Waals surface area contributed by atoms with Gasteiger partial charge in [0.2, 0.25) is 0 Å². The van der Waals surface area contributed by atoms with Gasteiger partial charge in [-0.25, -0.2) is 0 Å². The number of nitrogens with two attached hydrogens (primary N) is 1. The molecule has 0 saturated heterocycles. The van der Waals surface area contributed by atoms with Crippen LogP contribution in [0.5, 0.6) is 11.5 Å². The van der Waals surface area contributed by atoms with Crippen LogP contribution in [0.15, 0.2) is 18.2 Å².